The minimum Gasteiger partial charge on any atom is -0.359 e. The molecule has 0 unspecified atom stereocenters. The molecule has 88 valence electrons. The zero-order valence-corrected chi connectivity index (χ0v) is 9.51. The summed E-state index contributed by atoms with van der Waals surface area (Å²) in [7, 11) is 3.77. The van der Waals surface area contributed by atoms with Crippen molar-refractivity contribution in [2.45, 2.75) is 6.42 Å². The number of hydrogen-bond donors (Lipinski definition) is 1. The molecule has 1 rings (SSSR count). The fourth-order valence-electron chi connectivity index (χ4n) is 1.34. The second-order valence-corrected chi connectivity index (χ2v) is 3.51. The lowest BCUT2D eigenvalue weighted by Crippen LogP contribution is -2.23. The first-order valence-electron chi connectivity index (χ1n) is 5.11. The molecule has 1 heterocycles. The zero-order valence-electron chi connectivity index (χ0n) is 9.51. The summed E-state index contributed by atoms with van der Waals surface area (Å²) in [5.41, 5.74) is 0.0745. The molecule has 0 amide bonds. The van der Waals surface area contributed by atoms with E-state index in [0.29, 0.717) is 5.82 Å². The van der Waals surface area contributed by atoms with Crippen LogP contribution in [0.2, 0.25) is 0 Å². The second-order valence-electron chi connectivity index (χ2n) is 3.51. The van der Waals surface area contributed by atoms with E-state index in [0.717, 1.165) is 19.5 Å². The van der Waals surface area contributed by atoms with Crippen molar-refractivity contribution >= 4 is 11.5 Å². The predicted octanol–water partition coefficient (Wildman–Crippen LogP) is 1.04. The molecule has 0 radical (unpaired) electrons. The SMILES string of the molecule is CNCCCN(C)c1cc([N+](=O)[O-])ccn1. The summed E-state index contributed by atoms with van der Waals surface area (Å²) in [5.74, 6) is 0.630. The highest BCUT2D eigenvalue weighted by Gasteiger charge is 2.09. The van der Waals surface area contributed by atoms with E-state index in [2.05, 4.69) is 10.3 Å². The number of aromatic nitrogens is 1. The van der Waals surface area contributed by atoms with Gasteiger partial charge in [0.05, 0.1) is 11.0 Å². The Kier molecular flexibility index (Phi) is 4.65. The van der Waals surface area contributed by atoms with Crippen LogP contribution in [0.5, 0.6) is 0 Å². The molecule has 1 aromatic rings. The molecule has 1 N–H and O–H groups in total. The average molecular weight is 224 g/mol. The maximum Gasteiger partial charge on any atom is 0.274 e. The maximum atomic E-state index is 10.6. The monoisotopic (exact) mass is 224 g/mol. The first-order chi connectivity index (χ1) is 7.65. The topological polar surface area (TPSA) is 71.3 Å². The Hall–Kier alpha value is -1.69. The standard InChI is InChI=1S/C10H16N4O2/c1-11-5-3-7-13(2)10-8-9(14(15)16)4-6-12-10/h4,6,8,11H,3,5,7H2,1-2H3. The fourth-order valence-corrected chi connectivity index (χ4v) is 1.34. The van der Waals surface area contributed by atoms with E-state index in [-0.39, 0.29) is 5.69 Å². The summed E-state index contributed by atoms with van der Waals surface area (Å²) in [6, 6.07) is 2.88. The Balaban J connectivity index is 2.64. The van der Waals surface area contributed by atoms with Crippen molar-refractivity contribution in [2.24, 2.45) is 0 Å². The molecule has 6 nitrogen and oxygen atoms in total. The van der Waals surface area contributed by atoms with Gasteiger partial charge < -0.3 is 10.2 Å². The van der Waals surface area contributed by atoms with E-state index in [9.17, 15) is 10.1 Å². The summed E-state index contributed by atoms with van der Waals surface area (Å²) in [5, 5.41) is 13.6. The lowest BCUT2D eigenvalue weighted by Gasteiger charge is -2.17. The van der Waals surface area contributed by atoms with Crippen molar-refractivity contribution in [3.05, 3.63) is 28.4 Å². The van der Waals surface area contributed by atoms with Crippen molar-refractivity contribution in [1.82, 2.24) is 10.3 Å². The molecule has 0 spiro atoms. The van der Waals surface area contributed by atoms with Gasteiger partial charge in [0.2, 0.25) is 0 Å². The van der Waals surface area contributed by atoms with E-state index in [4.69, 9.17) is 0 Å². The lowest BCUT2D eigenvalue weighted by molar-refractivity contribution is -0.384. The Morgan fingerprint density at radius 1 is 1.62 bits per heavy atom. The number of nitrogens with zero attached hydrogens (tertiary/aromatic N) is 3. The molecule has 0 aromatic carbocycles. The molecule has 0 bridgehead atoms. The third kappa shape index (κ3) is 3.47. The Labute approximate surface area is 94.4 Å². The van der Waals surface area contributed by atoms with Gasteiger partial charge in [0, 0.05) is 25.9 Å². The highest BCUT2D eigenvalue weighted by atomic mass is 16.6. The highest BCUT2D eigenvalue weighted by Crippen LogP contribution is 2.16. The van der Waals surface area contributed by atoms with Gasteiger partial charge >= 0.3 is 0 Å². The van der Waals surface area contributed by atoms with Crippen LogP contribution in [0.3, 0.4) is 0 Å². The maximum absolute atomic E-state index is 10.6. The van der Waals surface area contributed by atoms with Crippen LogP contribution in [-0.2, 0) is 0 Å². The van der Waals surface area contributed by atoms with Gasteiger partial charge in [-0.25, -0.2) is 4.98 Å². The quantitative estimate of drug-likeness (QED) is 0.444. The number of rotatable bonds is 6. The van der Waals surface area contributed by atoms with Gasteiger partial charge in [0.25, 0.3) is 5.69 Å². The molecule has 0 saturated carbocycles. The van der Waals surface area contributed by atoms with Gasteiger partial charge in [-0.3, -0.25) is 10.1 Å². The molecule has 0 saturated heterocycles. The molecule has 0 aliphatic carbocycles. The molecule has 1 aromatic heterocycles. The minimum absolute atomic E-state index is 0.0745. The van der Waals surface area contributed by atoms with Crippen LogP contribution in [0.15, 0.2) is 18.3 Å². The largest absolute Gasteiger partial charge is 0.359 e. The number of hydrogen-bond acceptors (Lipinski definition) is 5. The lowest BCUT2D eigenvalue weighted by atomic mass is 10.3. The van der Waals surface area contributed by atoms with E-state index in [1.807, 2.05) is 19.0 Å². The van der Waals surface area contributed by atoms with Gasteiger partial charge in [-0.15, -0.1) is 0 Å². The highest BCUT2D eigenvalue weighted by molar-refractivity contribution is 5.45. The summed E-state index contributed by atoms with van der Waals surface area (Å²) >= 11 is 0. The Bertz CT molecular complexity index is 356. The van der Waals surface area contributed by atoms with Gasteiger partial charge in [-0.2, -0.15) is 0 Å². The third-order valence-corrected chi connectivity index (χ3v) is 2.25. The molecule has 0 fully saturated rings. The minimum atomic E-state index is -0.410. The number of pyridine rings is 1. The molecule has 6 heteroatoms. The van der Waals surface area contributed by atoms with E-state index in [1.165, 1.54) is 18.3 Å². The number of nitro groups is 1. The number of nitrogens with one attached hydrogen (secondary N) is 1. The van der Waals surface area contributed by atoms with Gasteiger partial charge in [0.15, 0.2) is 0 Å². The van der Waals surface area contributed by atoms with Crippen molar-refractivity contribution in [1.29, 1.82) is 0 Å². The fraction of sp³-hybridized carbons (Fsp3) is 0.500. The van der Waals surface area contributed by atoms with Crippen molar-refractivity contribution in [2.75, 3.05) is 32.1 Å². The van der Waals surface area contributed by atoms with Crippen LogP contribution in [0, 0.1) is 10.1 Å². The Morgan fingerprint density at radius 2 is 2.38 bits per heavy atom. The van der Waals surface area contributed by atoms with E-state index < -0.39 is 4.92 Å². The van der Waals surface area contributed by atoms with Gasteiger partial charge in [0.1, 0.15) is 5.82 Å². The summed E-state index contributed by atoms with van der Waals surface area (Å²) < 4.78 is 0. The van der Waals surface area contributed by atoms with Crippen LogP contribution in [0.4, 0.5) is 11.5 Å². The number of anilines is 1. The Morgan fingerprint density at radius 3 is 3.00 bits per heavy atom. The molecular weight excluding hydrogens is 208 g/mol. The summed E-state index contributed by atoms with van der Waals surface area (Å²) in [4.78, 5) is 16.2. The molecule has 0 aliphatic heterocycles. The molecule has 0 aliphatic rings. The van der Waals surface area contributed by atoms with Gasteiger partial charge in [-0.05, 0) is 20.0 Å². The van der Waals surface area contributed by atoms with Crippen LogP contribution in [-0.4, -0.2) is 37.1 Å². The van der Waals surface area contributed by atoms with Crippen molar-refractivity contribution in [3.63, 3.8) is 0 Å². The van der Waals surface area contributed by atoms with E-state index >= 15 is 0 Å². The average Bonchev–Trinajstić information content (AvgIpc) is 2.29. The zero-order chi connectivity index (χ0) is 12.0. The van der Waals surface area contributed by atoms with Crippen LogP contribution < -0.4 is 10.2 Å². The smallest absolute Gasteiger partial charge is 0.274 e. The molecule has 0 atom stereocenters. The summed E-state index contributed by atoms with van der Waals surface area (Å²) in [6.07, 6.45) is 2.43. The van der Waals surface area contributed by atoms with Crippen molar-refractivity contribution < 1.29 is 4.92 Å². The van der Waals surface area contributed by atoms with Crippen LogP contribution in [0.1, 0.15) is 6.42 Å². The predicted molar refractivity (Wildman–Crippen MR) is 62.7 cm³/mol. The van der Waals surface area contributed by atoms with Crippen LogP contribution in [0.25, 0.3) is 0 Å². The second kappa shape index (κ2) is 6.02. The first-order valence-corrected chi connectivity index (χ1v) is 5.11. The first kappa shape index (κ1) is 12.4. The summed E-state index contributed by atoms with van der Waals surface area (Å²) in [6.45, 7) is 1.73. The van der Waals surface area contributed by atoms with Crippen LogP contribution >= 0.6 is 0 Å². The molecular formula is C10H16N4O2. The van der Waals surface area contributed by atoms with Gasteiger partial charge in [-0.1, -0.05) is 0 Å². The van der Waals surface area contributed by atoms with E-state index in [1.54, 1.807) is 0 Å². The normalized spacial score (nSPS) is 10.1. The van der Waals surface area contributed by atoms with Crippen molar-refractivity contribution in [3.8, 4) is 0 Å². The molecule has 16 heavy (non-hydrogen) atoms. The third-order valence-electron chi connectivity index (χ3n) is 2.25.